The van der Waals surface area contributed by atoms with Gasteiger partial charge in [-0.1, -0.05) is 48.0 Å². The predicted octanol–water partition coefficient (Wildman–Crippen LogP) is 3.49. The van der Waals surface area contributed by atoms with Gasteiger partial charge in [0.25, 0.3) is 0 Å². The second kappa shape index (κ2) is 7.09. The number of anilines is 1. The van der Waals surface area contributed by atoms with Gasteiger partial charge >= 0.3 is 0 Å². The first-order valence-electron chi connectivity index (χ1n) is 7.29. The highest BCUT2D eigenvalue weighted by atomic mass is 35.5. The van der Waals surface area contributed by atoms with Crippen molar-refractivity contribution in [3.05, 3.63) is 65.2 Å². The highest BCUT2D eigenvalue weighted by Gasteiger charge is 2.21. The van der Waals surface area contributed by atoms with Crippen molar-refractivity contribution < 1.29 is 0 Å². The molecule has 2 aromatic carbocycles. The molecule has 5 heteroatoms. The van der Waals surface area contributed by atoms with Crippen molar-refractivity contribution >= 4 is 34.6 Å². The van der Waals surface area contributed by atoms with Crippen molar-refractivity contribution in [3.8, 4) is 0 Å². The highest BCUT2D eigenvalue weighted by molar-refractivity contribution is 7.80. The molecule has 0 atom stereocenters. The molecule has 0 saturated carbocycles. The van der Waals surface area contributed by atoms with Gasteiger partial charge in [-0.05, 0) is 42.4 Å². The van der Waals surface area contributed by atoms with E-state index in [-0.39, 0.29) is 0 Å². The van der Waals surface area contributed by atoms with E-state index < -0.39 is 0 Å². The van der Waals surface area contributed by atoms with Gasteiger partial charge in [-0.15, -0.1) is 0 Å². The van der Waals surface area contributed by atoms with Crippen molar-refractivity contribution in [3.63, 3.8) is 0 Å². The molecule has 1 aliphatic heterocycles. The van der Waals surface area contributed by atoms with Crippen molar-refractivity contribution in [2.24, 2.45) is 0 Å². The molecule has 1 saturated heterocycles. The van der Waals surface area contributed by atoms with Gasteiger partial charge in [0.15, 0.2) is 5.11 Å². The first-order chi connectivity index (χ1) is 10.7. The van der Waals surface area contributed by atoms with Crippen LogP contribution in [0.25, 0.3) is 0 Å². The lowest BCUT2D eigenvalue weighted by Gasteiger charge is -2.38. The van der Waals surface area contributed by atoms with E-state index in [9.17, 15) is 0 Å². The minimum absolute atomic E-state index is 0.724. The average molecular weight is 332 g/mol. The van der Waals surface area contributed by atoms with E-state index in [0.29, 0.717) is 0 Å². The van der Waals surface area contributed by atoms with E-state index in [1.807, 2.05) is 30.3 Å². The van der Waals surface area contributed by atoms with E-state index in [4.69, 9.17) is 23.8 Å². The molecule has 3 rings (SSSR count). The number of nitrogens with zero attached hydrogens (tertiary/aromatic N) is 2. The second-order valence-electron chi connectivity index (χ2n) is 5.32. The maximum absolute atomic E-state index is 6.09. The molecule has 0 radical (unpaired) electrons. The Labute approximate surface area is 141 Å². The monoisotopic (exact) mass is 331 g/mol. The minimum Gasteiger partial charge on any atom is -0.349 e. The van der Waals surface area contributed by atoms with Crippen molar-refractivity contribution in [1.29, 1.82) is 0 Å². The zero-order valence-electron chi connectivity index (χ0n) is 12.2. The highest BCUT2D eigenvalue weighted by Crippen LogP contribution is 2.21. The molecule has 0 aromatic heterocycles. The molecule has 0 aliphatic carbocycles. The Hall–Kier alpha value is -1.62. The zero-order valence-corrected chi connectivity index (χ0v) is 13.8. The summed E-state index contributed by atoms with van der Waals surface area (Å²) in [5.74, 6) is 0. The molecular formula is C17H18ClN3S. The molecule has 114 valence electrons. The Balaban J connectivity index is 1.64. The van der Waals surface area contributed by atoms with Crippen LogP contribution in [-0.2, 0) is 6.42 Å². The molecule has 0 bridgehead atoms. The number of nitrogens with one attached hydrogen (secondary N) is 1. The summed E-state index contributed by atoms with van der Waals surface area (Å²) in [4.78, 5) is 4.42. The fourth-order valence-electron chi connectivity index (χ4n) is 2.51. The third-order valence-corrected chi connectivity index (χ3v) is 4.32. The number of halogens is 1. The smallest absolute Gasteiger partial charge is 0.175 e. The van der Waals surface area contributed by atoms with Crippen LogP contribution in [0.2, 0.25) is 5.02 Å². The first kappa shape index (κ1) is 15.3. The largest absolute Gasteiger partial charge is 0.349 e. The quantitative estimate of drug-likeness (QED) is 0.864. The van der Waals surface area contributed by atoms with Crippen molar-refractivity contribution in [2.45, 2.75) is 6.42 Å². The zero-order chi connectivity index (χ0) is 15.4. The summed E-state index contributed by atoms with van der Waals surface area (Å²) in [5, 5.41) is 4.75. The summed E-state index contributed by atoms with van der Waals surface area (Å²) >= 11 is 11.5. The van der Waals surface area contributed by atoms with Crippen LogP contribution in [0.3, 0.4) is 0 Å². The van der Waals surface area contributed by atoms with Gasteiger partial charge < -0.3 is 10.2 Å². The molecule has 0 amide bonds. The SMILES string of the molecule is S=C1NCN(CCc2ccccc2)CN1c1cccc(Cl)c1. The molecule has 0 unspecified atom stereocenters. The molecule has 2 aromatic rings. The van der Waals surface area contributed by atoms with E-state index in [2.05, 4.69) is 39.4 Å². The Morgan fingerprint density at radius 2 is 1.91 bits per heavy atom. The molecule has 1 fully saturated rings. The third-order valence-electron chi connectivity index (χ3n) is 3.72. The standard InChI is InChI=1S/C17H18ClN3S/c18-15-7-4-8-16(11-15)21-13-20(12-19-17(21)22)10-9-14-5-2-1-3-6-14/h1-8,11H,9-10,12-13H2,(H,19,22). The number of hydrogen-bond acceptors (Lipinski definition) is 2. The van der Waals surface area contributed by atoms with Crippen molar-refractivity contribution in [1.82, 2.24) is 10.2 Å². The Kier molecular flexibility index (Phi) is 4.93. The van der Waals surface area contributed by atoms with Gasteiger partial charge in [0.2, 0.25) is 0 Å². The number of benzene rings is 2. The van der Waals surface area contributed by atoms with Gasteiger partial charge in [0.05, 0.1) is 13.3 Å². The topological polar surface area (TPSA) is 18.5 Å². The molecule has 1 heterocycles. The minimum atomic E-state index is 0.724. The summed E-state index contributed by atoms with van der Waals surface area (Å²) < 4.78 is 0. The normalized spacial score (nSPS) is 15.7. The van der Waals surface area contributed by atoms with Crippen LogP contribution in [0.5, 0.6) is 0 Å². The van der Waals surface area contributed by atoms with Crippen LogP contribution in [0.15, 0.2) is 54.6 Å². The van der Waals surface area contributed by atoms with Gasteiger partial charge in [-0.25, -0.2) is 0 Å². The second-order valence-corrected chi connectivity index (χ2v) is 6.14. The Morgan fingerprint density at radius 3 is 2.68 bits per heavy atom. The molecule has 22 heavy (non-hydrogen) atoms. The molecular weight excluding hydrogens is 314 g/mol. The lowest BCUT2D eigenvalue weighted by atomic mass is 10.1. The molecule has 1 aliphatic rings. The first-order valence-corrected chi connectivity index (χ1v) is 8.08. The fraction of sp³-hybridized carbons (Fsp3) is 0.235. The molecule has 0 spiro atoms. The summed E-state index contributed by atoms with van der Waals surface area (Å²) in [6.45, 7) is 2.54. The number of hydrogen-bond donors (Lipinski definition) is 1. The van der Waals surface area contributed by atoms with E-state index in [1.165, 1.54) is 5.56 Å². The maximum atomic E-state index is 6.09. The maximum Gasteiger partial charge on any atom is 0.175 e. The van der Waals surface area contributed by atoms with Crippen LogP contribution in [0.1, 0.15) is 5.56 Å². The van der Waals surface area contributed by atoms with Gasteiger partial charge in [0.1, 0.15) is 0 Å². The average Bonchev–Trinajstić information content (AvgIpc) is 2.55. The lowest BCUT2D eigenvalue weighted by molar-refractivity contribution is 0.264. The van der Waals surface area contributed by atoms with E-state index >= 15 is 0 Å². The number of rotatable bonds is 4. The van der Waals surface area contributed by atoms with Crippen LogP contribution < -0.4 is 10.2 Å². The summed E-state index contributed by atoms with van der Waals surface area (Å²) in [6.07, 6.45) is 1.03. The molecule has 1 N–H and O–H groups in total. The molecule has 3 nitrogen and oxygen atoms in total. The predicted molar refractivity (Wildman–Crippen MR) is 96.3 cm³/mol. The van der Waals surface area contributed by atoms with Gasteiger partial charge in [0, 0.05) is 17.3 Å². The summed E-state index contributed by atoms with van der Waals surface area (Å²) in [5.41, 5.74) is 2.37. The van der Waals surface area contributed by atoms with Crippen LogP contribution in [-0.4, -0.2) is 29.9 Å². The van der Waals surface area contributed by atoms with Crippen LogP contribution in [0, 0.1) is 0 Å². The van der Waals surface area contributed by atoms with Gasteiger partial charge in [-0.3, -0.25) is 4.90 Å². The summed E-state index contributed by atoms with van der Waals surface area (Å²) in [6, 6.07) is 18.3. The third kappa shape index (κ3) is 3.77. The van der Waals surface area contributed by atoms with E-state index in [1.54, 1.807) is 0 Å². The number of thiocarbonyl (C=S) groups is 1. The van der Waals surface area contributed by atoms with Crippen LogP contribution >= 0.6 is 23.8 Å². The fourth-order valence-corrected chi connectivity index (χ4v) is 2.93. The van der Waals surface area contributed by atoms with Gasteiger partial charge in [-0.2, -0.15) is 0 Å². The Bertz CT molecular complexity index is 647. The Morgan fingerprint density at radius 1 is 1.09 bits per heavy atom. The van der Waals surface area contributed by atoms with Crippen molar-refractivity contribution in [2.75, 3.05) is 24.8 Å². The van der Waals surface area contributed by atoms with Crippen LogP contribution in [0.4, 0.5) is 5.69 Å². The lowest BCUT2D eigenvalue weighted by Crippen LogP contribution is -2.56. The summed E-state index contributed by atoms with van der Waals surface area (Å²) in [7, 11) is 0. The van der Waals surface area contributed by atoms with E-state index in [0.717, 1.165) is 42.1 Å².